The molecule has 0 amide bonds. The van der Waals surface area contributed by atoms with Gasteiger partial charge in [0.2, 0.25) is 0 Å². The second-order valence-electron chi connectivity index (χ2n) is 5.29. The summed E-state index contributed by atoms with van der Waals surface area (Å²) in [6.45, 7) is 16.2. The van der Waals surface area contributed by atoms with E-state index in [2.05, 4.69) is 46.6 Å². The first-order valence-electron chi connectivity index (χ1n) is 5.34. The van der Waals surface area contributed by atoms with Crippen LogP contribution in [0.3, 0.4) is 0 Å². The van der Waals surface area contributed by atoms with Gasteiger partial charge in [0.25, 0.3) is 0 Å². The fraction of sp³-hybridized carbons (Fsp3) is 0.833. The van der Waals surface area contributed by atoms with E-state index >= 15 is 0 Å². The van der Waals surface area contributed by atoms with Gasteiger partial charge in [0.15, 0.2) is 0 Å². The molecule has 0 N–H and O–H groups in total. The summed E-state index contributed by atoms with van der Waals surface area (Å²) in [7, 11) is 2.13. The molecule has 1 aliphatic heterocycles. The zero-order chi connectivity index (χ0) is 11.1. The Morgan fingerprint density at radius 2 is 2.13 bits per heavy atom. The van der Waals surface area contributed by atoms with E-state index in [-0.39, 0.29) is 43.0 Å². The quantitative estimate of drug-likeness (QED) is 0.620. The SMILES string of the molecule is [CH2-]C(C)CC(C)(S)C1([CH2-])C(C)CN1C.[Y]. The standard InChI is InChI=1S/C12H23NS.Y/c1-9(2)7-11(4,14)12(5)10(3)8-13(12)6;/h9-10,14H,1,5,7-8H2,2-4,6H3;/q-2;. The minimum atomic E-state index is -0.0550. The molecule has 1 aliphatic rings. The molecule has 1 heterocycles. The maximum atomic E-state index is 4.81. The molecule has 15 heavy (non-hydrogen) atoms. The Kier molecular flexibility index (Phi) is 5.88. The van der Waals surface area contributed by atoms with Gasteiger partial charge < -0.3 is 18.7 Å². The van der Waals surface area contributed by atoms with E-state index in [1.165, 1.54) is 0 Å². The van der Waals surface area contributed by atoms with Crippen molar-refractivity contribution in [2.75, 3.05) is 13.6 Å². The van der Waals surface area contributed by atoms with Crippen molar-refractivity contribution in [1.29, 1.82) is 0 Å². The van der Waals surface area contributed by atoms with Gasteiger partial charge in [-0.05, 0) is 24.3 Å². The molecule has 4 atom stereocenters. The number of rotatable bonds is 3. The van der Waals surface area contributed by atoms with Gasteiger partial charge in [0.05, 0.1) is 0 Å². The largest absolute Gasteiger partial charge is 0.340 e. The van der Waals surface area contributed by atoms with E-state index in [0.29, 0.717) is 11.8 Å². The van der Waals surface area contributed by atoms with E-state index in [9.17, 15) is 0 Å². The molecule has 1 nitrogen and oxygen atoms in total. The molecule has 0 aromatic rings. The van der Waals surface area contributed by atoms with E-state index in [1.54, 1.807) is 0 Å². The van der Waals surface area contributed by atoms with Crippen LogP contribution in [-0.2, 0) is 32.7 Å². The molecule has 87 valence electrons. The molecule has 0 bridgehead atoms. The Bertz CT molecular complexity index is 208. The van der Waals surface area contributed by atoms with Crippen LogP contribution >= 0.6 is 12.6 Å². The molecule has 0 aromatic carbocycles. The Hall–Kier alpha value is 1.41. The van der Waals surface area contributed by atoms with Crippen LogP contribution in [-0.4, -0.2) is 28.8 Å². The normalized spacial score (nSPS) is 37.4. The maximum absolute atomic E-state index is 4.81. The van der Waals surface area contributed by atoms with E-state index in [1.807, 2.05) is 0 Å². The zero-order valence-electron chi connectivity index (χ0n) is 10.5. The van der Waals surface area contributed by atoms with Crippen molar-refractivity contribution in [1.82, 2.24) is 4.90 Å². The second-order valence-corrected chi connectivity index (χ2v) is 6.28. The zero-order valence-corrected chi connectivity index (χ0v) is 14.2. The predicted octanol–water partition coefficient (Wildman–Crippen LogP) is 2.69. The predicted molar refractivity (Wildman–Crippen MR) is 66.4 cm³/mol. The van der Waals surface area contributed by atoms with E-state index < -0.39 is 0 Å². The summed E-state index contributed by atoms with van der Waals surface area (Å²) in [6, 6.07) is 0. The third-order valence-corrected chi connectivity index (χ3v) is 4.29. The van der Waals surface area contributed by atoms with Gasteiger partial charge in [-0.1, -0.05) is 32.7 Å². The molecular formula is C12H23NSY-2. The Balaban J connectivity index is 0.00000196. The summed E-state index contributed by atoms with van der Waals surface area (Å²) in [4.78, 5) is 2.31. The van der Waals surface area contributed by atoms with Crippen molar-refractivity contribution in [3.05, 3.63) is 13.8 Å². The van der Waals surface area contributed by atoms with Crippen molar-refractivity contribution in [2.24, 2.45) is 11.8 Å². The molecule has 3 heteroatoms. The number of hydrogen-bond acceptors (Lipinski definition) is 2. The van der Waals surface area contributed by atoms with Crippen molar-refractivity contribution in [2.45, 2.75) is 37.5 Å². The van der Waals surface area contributed by atoms with Crippen LogP contribution in [0.5, 0.6) is 0 Å². The van der Waals surface area contributed by atoms with E-state index in [0.717, 1.165) is 13.0 Å². The first-order chi connectivity index (χ1) is 6.22. The molecule has 4 unspecified atom stereocenters. The summed E-state index contributed by atoms with van der Waals surface area (Å²) < 4.78 is -0.0550. The van der Waals surface area contributed by atoms with Crippen LogP contribution in [0.4, 0.5) is 0 Å². The van der Waals surface area contributed by atoms with Gasteiger partial charge in [-0.3, -0.25) is 0 Å². The van der Waals surface area contributed by atoms with Crippen LogP contribution in [0.2, 0.25) is 0 Å². The molecule has 0 aromatic heterocycles. The smallest absolute Gasteiger partial charge is 0 e. The summed E-state index contributed by atoms with van der Waals surface area (Å²) in [6.07, 6.45) is 1.01. The molecule has 1 rings (SSSR count). The van der Waals surface area contributed by atoms with Crippen molar-refractivity contribution in [3.63, 3.8) is 0 Å². The van der Waals surface area contributed by atoms with Crippen LogP contribution < -0.4 is 0 Å². The minimum absolute atomic E-state index is 0. The molecular weight excluding hydrogens is 279 g/mol. The molecule has 1 saturated heterocycles. The van der Waals surface area contributed by atoms with E-state index in [4.69, 9.17) is 12.6 Å². The second kappa shape index (κ2) is 5.37. The third-order valence-electron chi connectivity index (χ3n) is 3.72. The van der Waals surface area contributed by atoms with Crippen molar-refractivity contribution >= 4 is 12.6 Å². The molecule has 0 aliphatic carbocycles. The van der Waals surface area contributed by atoms with Gasteiger partial charge in [-0.2, -0.15) is 18.5 Å². The van der Waals surface area contributed by atoms with Gasteiger partial charge in [-0.25, -0.2) is 0 Å². The summed E-state index contributed by atoms with van der Waals surface area (Å²) in [5, 5.41) is 0. The topological polar surface area (TPSA) is 3.24 Å². The Labute approximate surface area is 126 Å². The Morgan fingerprint density at radius 3 is 2.40 bits per heavy atom. The number of hydrogen-bond donors (Lipinski definition) is 1. The first-order valence-corrected chi connectivity index (χ1v) is 5.78. The van der Waals surface area contributed by atoms with Gasteiger partial charge in [-0.15, -0.1) is 0 Å². The maximum Gasteiger partial charge on any atom is 0 e. The summed E-state index contributed by atoms with van der Waals surface area (Å²) in [5.74, 6) is 1.05. The first kappa shape index (κ1) is 16.4. The number of likely N-dealkylation sites (tertiary alicyclic amines) is 1. The molecule has 1 radical (unpaired) electrons. The van der Waals surface area contributed by atoms with Gasteiger partial charge in [0.1, 0.15) is 0 Å². The summed E-state index contributed by atoms with van der Waals surface area (Å²) >= 11 is 4.81. The molecule has 1 fully saturated rings. The number of thiol groups is 1. The molecule has 0 saturated carbocycles. The van der Waals surface area contributed by atoms with Crippen molar-refractivity contribution in [3.8, 4) is 0 Å². The fourth-order valence-electron chi connectivity index (χ4n) is 2.79. The molecule has 0 spiro atoms. The monoisotopic (exact) mass is 302 g/mol. The van der Waals surface area contributed by atoms with Crippen LogP contribution in [0, 0.1) is 25.7 Å². The fourth-order valence-corrected chi connectivity index (χ4v) is 3.49. The van der Waals surface area contributed by atoms with Crippen molar-refractivity contribution < 1.29 is 32.7 Å². The van der Waals surface area contributed by atoms with Crippen LogP contribution in [0.15, 0.2) is 0 Å². The average molecular weight is 302 g/mol. The summed E-state index contributed by atoms with van der Waals surface area (Å²) in [5.41, 5.74) is -0.0257. The number of nitrogens with zero attached hydrogens (tertiary/aromatic N) is 1. The Morgan fingerprint density at radius 1 is 1.67 bits per heavy atom. The minimum Gasteiger partial charge on any atom is -0.340 e. The van der Waals surface area contributed by atoms with Gasteiger partial charge >= 0.3 is 0 Å². The third kappa shape index (κ3) is 2.81. The van der Waals surface area contributed by atoms with Crippen LogP contribution in [0.25, 0.3) is 0 Å². The van der Waals surface area contributed by atoms with Gasteiger partial charge in [0, 0.05) is 32.7 Å². The van der Waals surface area contributed by atoms with Crippen LogP contribution in [0.1, 0.15) is 27.2 Å². The average Bonchev–Trinajstić information content (AvgIpc) is 2.01.